The quantitative estimate of drug-likeness (QED) is 0.898. The number of amides is 1. The standard InChI is InChI=1S/C14H12Cl2N2O3/c1-2-18-7-9(15)6-12(18)13(19)17-11-5-8(14(20)21)3-4-10(11)16/h3-7H,2H2,1H3,(H,17,19)(H,20,21). The van der Waals surface area contributed by atoms with Crippen molar-refractivity contribution in [1.29, 1.82) is 0 Å². The van der Waals surface area contributed by atoms with Gasteiger partial charge in [-0.25, -0.2) is 4.79 Å². The zero-order chi connectivity index (χ0) is 15.6. The van der Waals surface area contributed by atoms with Crippen LogP contribution in [0.3, 0.4) is 0 Å². The first-order valence-electron chi connectivity index (χ1n) is 6.12. The van der Waals surface area contributed by atoms with Crippen molar-refractivity contribution in [3.63, 3.8) is 0 Å². The predicted molar refractivity (Wildman–Crippen MR) is 81.5 cm³/mol. The van der Waals surface area contributed by atoms with Crippen molar-refractivity contribution in [2.45, 2.75) is 13.5 Å². The van der Waals surface area contributed by atoms with Crippen molar-refractivity contribution in [2.24, 2.45) is 0 Å². The number of halogens is 2. The summed E-state index contributed by atoms with van der Waals surface area (Å²) in [4.78, 5) is 23.2. The Labute approximate surface area is 131 Å². The van der Waals surface area contributed by atoms with Crippen molar-refractivity contribution >= 4 is 40.8 Å². The Morgan fingerprint density at radius 1 is 1.29 bits per heavy atom. The zero-order valence-electron chi connectivity index (χ0n) is 11.1. The summed E-state index contributed by atoms with van der Waals surface area (Å²) in [5.41, 5.74) is 0.652. The average Bonchev–Trinajstić information content (AvgIpc) is 2.82. The van der Waals surface area contributed by atoms with Gasteiger partial charge in [0, 0.05) is 12.7 Å². The second-order valence-electron chi connectivity index (χ2n) is 4.28. The highest BCUT2D eigenvalue weighted by molar-refractivity contribution is 6.34. The number of benzene rings is 1. The molecule has 0 unspecified atom stereocenters. The SMILES string of the molecule is CCn1cc(Cl)cc1C(=O)Nc1cc(C(=O)O)ccc1Cl. The summed E-state index contributed by atoms with van der Waals surface area (Å²) in [7, 11) is 0. The number of aromatic nitrogens is 1. The van der Waals surface area contributed by atoms with Gasteiger partial charge in [-0.15, -0.1) is 0 Å². The van der Waals surface area contributed by atoms with Gasteiger partial charge in [-0.1, -0.05) is 23.2 Å². The fraction of sp³-hybridized carbons (Fsp3) is 0.143. The lowest BCUT2D eigenvalue weighted by Gasteiger charge is -2.09. The Hall–Kier alpha value is -1.98. The number of carboxylic acids is 1. The molecule has 0 spiro atoms. The summed E-state index contributed by atoms with van der Waals surface area (Å²) < 4.78 is 1.69. The van der Waals surface area contributed by atoms with Crippen molar-refractivity contribution in [3.05, 3.63) is 51.8 Å². The molecule has 21 heavy (non-hydrogen) atoms. The Bertz CT molecular complexity index is 710. The number of aryl methyl sites for hydroxylation is 1. The molecular formula is C14H12Cl2N2O3. The van der Waals surface area contributed by atoms with Crippen LogP contribution in [0.4, 0.5) is 5.69 Å². The minimum Gasteiger partial charge on any atom is -0.478 e. The molecule has 0 fully saturated rings. The number of aromatic carboxylic acids is 1. The van der Waals surface area contributed by atoms with Gasteiger partial charge in [0.2, 0.25) is 0 Å². The Kier molecular flexibility index (Phi) is 4.55. The normalized spacial score (nSPS) is 10.4. The molecule has 0 aliphatic heterocycles. The van der Waals surface area contributed by atoms with Gasteiger partial charge in [-0.2, -0.15) is 0 Å². The highest BCUT2D eigenvalue weighted by Gasteiger charge is 2.15. The van der Waals surface area contributed by atoms with Crippen LogP contribution in [0.1, 0.15) is 27.8 Å². The van der Waals surface area contributed by atoms with E-state index < -0.39 is 11.9 Å². The molecule has 5 nitrogen and oxygen atoms in total. The van der Waals surface area contributed by atoms with Crippen LogP contribution in [0, 0.1) is 0 Å². The summed E-state index contributed by atoms with van der Waals surface area (Å²) >= 11 is 11.9. The van der Waals surface area contributed by atoms with Crippen LogP contribution in [0.2, 0.25) is 10.0 Å². The van der Waals surface area contributed by atoms with Crippen molar-refractivity contribution in [3.8, 4) is 0 Å². The van der Waals surface area contributed by atoms with Crippen LogP contribution < -0.4 is 5.32 Å². The van der Waals surface area contributed by atoms with Crippen LogP contribution in [0.15, 0.2) is 30.5 Å². The molecule has 0 bridgehead atoms. The molecule has 0 saturated heterocycles. The van der Waals surface area contributed by atoms with E-state index in [1.165, 1.54) is 24.3 Å². The molecule has 0 aliphatic carbocycles. The third kappa shape index (κ3) is 3.37. The zero-order valence-corrected chi connectivity index (χ0v) is 12.6. The van der Waals surface area contributed by atoms with Gasteiger partial charge < -0.3 is 15.0 Å². The van der Waals surface area contributed by atoms with Gasteiger partial charge >= 0.3 is 5.97 Å². The van der Waals surface area contributed by atoms with E-state index in [1.54, 1.807) is 10.8 Å². The van der Waals surface area contributed by atoms with Gasteiger partial charge in [-0.05, 0) is 31.2 Å². The van der Waals surface area contributed by atoms with E-state index in [1.807, 2.05) is 6.92 Å². The number of carbonyl (C=O) groups is 2. The average molecular weight is 327 g/mol. The number of nitrogens with one attached hydrogen (secondary N) is 1. The smallest absolute Gasteiger partial charge is 0.335 e. The number of nitrogens with zero attached hydrogens (tertiary/aromatic N) is 1. The maximum atomic E-state index is 12.2. The molecule has 2 rings (SSSR count). The van der Waals surface area contributed by atoms with Crippen molar-refractivity contribution in [2.75, 3.05) is 5.32 Å². The molecule has 110 valence electrons. The fourth-order valence-corrected chi connectivity index (χ4v) is 2.25. The highest BCUT2D eigenvalue weighted by Crippen LogP contribution is 2.24. The molecule has 0 atom stereocenters. The van der Waals surface area contributed by atoms with E-state index in [0.717, 1.165) is 0 Å². The van der Waals surface area contributed by atoms with Gasteiger partial charge in [0.15, 0.2) is 0 Å². The van der Waals surface area contributed by atoms with Crippen LogP contribution in [-0.2, 0) is 6.54 Å². The van der Waals surface area contributed by atoms with Crippen LogP contribution in [0.25, 0.3) is 0 Å². The Balaban J connectivity index is 2.31. The van der Waals surface area contributed by atoms with E-state index in [9.17, 15) is 9.59 Å². The fourth-order valence-electron chi connectivity index (χ4n) is 1.87. The summed E-state index contributed by atoms with van der Waals surface area (Å²) in [6.07, 6.45) is 1.64. The lowest BCUT2D eigenvalue weighted by molar-refractivity contribution is 0.0696. The van der Waals surface area contributed by atoms with Crippen LogP contribution in [-0.4, -0.2) is 21.6 Å². The van der Waals surface area contributed by atoms with E-state index in [0.29, 0.717) is 17.3 Å². The maximum absolute atomic E-state index is 12.2. The van der Waals surface area contributed by atoms with Crippen molar-refractivity contribution < 1.29 is 14.7 Å². The number of carboxylic acid groups (broad SMARTS) is 1. The Morgan fingerprint density at radius 3 is 2.62 bits per heavy atom. The van der Waals surface area contributed by atoms with E-state index in [2.05, 4.69) is 5.32 Å². The molecule has 7 heteroatoms. The first-order valence-corrected chi connectivity index (χ1v) is 6.87. The molecule has 1 amide bonds. The number of rotatable bonds is 4. The molecule has 1 aromatic carbocycles. The Morgan fingerprint density at radius 2 is 2.00 bits per heavy atom. The molecule has 0 aliphatic rings. The number of carbonyl (C=O) groups excluding carboxylic acids is 1. The van der Waals surface area contributed by atoms with Gasteiger partial charge in [0.05, 0.1) is 21.3 Å². The number of anilines is 1. The third-order valence-corrected chi connectivity index (χ3v) is 3.43. The lowest BCUT2D eigenvalue weighted by atomic mass is 10.2. The predicted octanol–water partition coefficient (Wildman–Crippen LogP) is 3.77. The molecule has 2 N–H and O–H groups in total. The summed E-state index contributed by atoms with van der Waals surface area (Å²) in [5, 5.41) is 12.3. The second-order valence-corrected chi connectivity index (χ2v) is 5.13. The lowest BCUT2D eigenvalue weighted by Crippen LogP contribution is -2.17. The highest BCUT2D eigenvalue weighted by atomic mass is 35.5. The van der Waals surface area contributed by atoms with Crippen LogP contribution in [0.5, 0.6) is 0 Å². The van der Waals surface area contributed by atoms with Crippen molar-refractivity contribution in [1.82, 2.24) is 4.57 Å². The number of hydrogen-bond acceptors (Lipinski definition) is 2. The minimum absolute atomic E-state index is 0.0404. The molecule has 1 aromatic heterocycles. The molecule has 0 saturated carbocycles. The molecule has 0 radical (unpaired) electrons. The van der Waals surface area contributed by atoms with E-state index >= 15 is 0 Å². The third-order valence-electron chi connectivity index (χ3n) is 2.90. The largest absolute Gasteiger partial charge is 0.478 e. The van der Waals surface area contributed by atoms with Crippen LogP contribution >= 0.6 is 23.2 Å². The van der Waals surface area contributed by atoms with Gasteiger partial charge in [0.25, 0.3) is 5.91 Å². The maximum Gasteiger partial charge on any atom is 0.335 e. The summed E-state index contributed by atoms with van der Waals surface area (Å²) in [5.74, 6) is -1.50. The second kappa shape index (κ2) is 6.20. The molecular weight excluding hydrogens is 315 g/mol. The van der Waals surface area contributed by atoms with Gasteiger partial charge in [-0.3, -0.25) is 4.79 Å². The first kappa shape index (κ1) is 15.4. The van der Waals surface area contributed by atoms with E-state index in [-0.39, 0.29) is 16.3 Å². The molecule has 2 aromatic rings. The molecule has 1 heterocycles. The first-order chi connectivity index (χ1) is 9.92. The topological polar surface area (TPSA) is 71.3 Å². The number of hydrogen-bond donors (Lipinski definition) is 2. The van der Waals surface area contributed by atoms with E-state index in [4.69, 9.17) is 28.3 Å². The minimum atomic E-state index is -1.10. The monoisotopic (exact) mass is 326 g/mol. The summed E-state index contributed by atoms with van der Waals surface area (Å²) in [6, 6.07) is 5.64. The van der Waals surface area contributed by atoms with Gasteiger partial charge in [0.1, 0.15) is 5.69 Å². The summed E-state index contributed by atoms with van der Waals surface area (Å²) in [6.45, 7) is 2.46.